The van der Waals surface area contributed by atoms with Crippen LogP contribution in [0.15, 0.2) is 34.2 Å². The first-order valence-electron chi connectivity index (χ1n) is 9.11. The van der Waals surface area contributed by atoms with Crippen molar-refractivity contribution in [3.63, 3.8) is 0 Å². The largest absolute Gasteiger partial charge is 0.304 e. The maximum atomic E-state index is 12.9. The molecule has 1 heterocycles. The molecule has 1 aromatic carbocycles. The Hall–Kier alpha value is -2.19. The topological polar surface area (TPSA) is 84.3 Å². The summed E-state index contributed by atoms with van der Waals surface area (Å²) < 4.78 is 1.64. The Bertz CT molecular complexity index is 862. The van der Waals surface area contributed by atoms with Crippen LogP contribution in [-0.2, 0) is 16.1 Å². The number of hydrogen-bond donors (Lipinski definition) is 1. The molecule has 0 fully saturated rings. The van der Waals surface area contributed by atoms with Gasteiger partial charge < -0.3 is 4.90 Å². The van der Waals surface area contributed by atoms with Gasteiger partial charge in [-0.25, -0.2) is 4.98 Å². The first-order chi connectivity index (χ1) is 13.0. The molecular weight excluding hydrogens is 364 g/mol. The molecule has 0 atom stereocenters. The van der Waals surface area contributed by atoms with Crippen LogP contribution >= 0.6 is 11.8 Å². The van der Waals surface area contributed by atoms with Gasteiger partial charge in [0.15, 0.2) is 5.16 Å². The third-order valence-electron chi connectivity index (χ3n) is 4.22. The van der Waals surface area contributed by atoms with E-state index in [1.54, 1.807) is 16.7 Å². The lowest BCUT2D eigenvalue weighted by molar-refractivity contribution is -0.127. The predicted molar refractivity (Wildman–Crippen MR) is 108 cm³/mol. The first kappa shape index (κ1) is 21.1. The van der Waals surface area contributed by atoms with Crippen molar-refractivity contribution in [2.24, 2.45) is 0 Å². The van der Waals surface area contributed by atoms with Crippen LogP contribution in [0.4, 0.5) is 0 Å². The van der Waals surface area contributed by atoms with Crippen molar-refractivity contribution in [2.75, 3.05) is 25.4 Å². The fourth-order valence-corrected chi connectivity index (χ4v) is 3.64. The van der Waals surface area contributed by atoms with Crippen LogP contribution in [0.1, 0.15) is 27.2 Å². The normalized spacial score (nSPS) is 11.1. The number of para-hydroxylation sites is 1. The van der Waals surface area contributed by atoms with Gasteiger partial charge in [-0.1, -0.05) is 37.7 Å². The van der Waals surface area contributed by atoms with Gasteiger partial charge in [0.05, 0.1) is 16.7 Å². The van der Waals surface area contributed by atoms with Crippen LogP contribution in [0, 0.1) is 0 Å². The van der Waals surface area contributed by atoms with E-state index in [2.05, 4.69) is 29.0 Å². The number of amides is 2. The average Bonchev–Trinajstić information content (AvgIpc) is 2.65. The second-order valence-corrected chi connectivity index (χ2v) is 7.08. The van der Waals surface area contributed by atoms with E-state index in [-0.39, 0.29) is 11.3 Å². The number of imide groups is 1. The van der Waals surface area contributed by atoms with Crippen LogP contribution in [-0.4, -0.2) is 51.7 Å². The molecule has 0 aliphatic rings. The highest BCUT2D eigenvalue weighted by Crippen LogP contribution is 2.18. The van der Waals surface area contributed by atoms with Crippen molar-refractivity contribution < 1.29 is 9.59 Å². The quantitative estimate of drug-likeness (QED) is 0.520. The van der Waals surface area contributed by atoms with E-state index in [1.165, 1.54) is 18.7 Å². The molecule has 27 heavy (non-hydrogen) atoms. The highest BCUT2D eigenvalue weighted by Gasteiger charge is 2.14. The number of aromatic nitrogens is 2. The SMILES string of the molecule is CCN(CC)CCCn1c(SCC(=O)NC(C)=O)nc2ccccc2c1=O. The molecule has 2 rings (SSSR count). The van der Waals surface area contributed by atoms with E-state index in [9.17, 15) is 14.4 Å². The molecule has 0 aliphatic heterocycles. The third-order valence-corrected chi connectivity index (χ3v) is 5.20. The van der Waals surface area contributed by atoms with Gasteiger partial charge in [0.1, 0.15) is 0 Å². The molecule has 0 saturated heterocycles. The van der Waals surface area contributed by atoms with Gasteiger partial charge in [0.25, 0.3) is 5.56 Å². The minimum absolute atomic E-state index is 0.0282. The Morgan fingerprint density at radius 2 is 1.93 bits per heavy atom. The van der Waals surface area contributed by atoms with E-state index in [0.29, 0.717) is 22.6 Å². The smallest absolute Gasteiger partial charge is 0.262 e. The standard InChI is InChI=1S/C19H26N4O3S/c1-4-22(5-2)11-8-12-23-18(26)15-9-6-7-10-16(15)21-19(23)27-13-17(25)20-14(3)24/h6-7,9-10H,4-5,8,11-13H2,1-3H3,(H,20,24,25). The molecular formula is C19H26N4O3S. The van der Waals surface area contributed by atoms with Gasteiger partial charge in [-0.15, -0.1) is 0 Å². The number of nitrogens with zero attached hydrogens (tertiary/aromatic N) is 3. The highest BCUT2D eigenvalue weighted by molar-refractivity contribution is 7.99. The summed E-state index contributed by atoms with van der Waals surface area (Å²) in [7, 11) is 0. The molecule has 146 valence electrons. The lowest BCUT2D eigenvalue weighted by Gasteiger charge is -2.19. The van der Waals surface area contributed by atoms with Crippen LogP contribution in [0.5, 0.6) is 0 Å². The number of nitrogens with one attached hydrogen (secondary N) is 1. The summed E-state index contributed by atoms with van der Waals surface area (Å²) in [5.41, 5.74) is 0.506. The summed E-state index contributed by atoms with van der Waals surface area (Å²) in [6.07, 6.45) is 0.814. The van der Waals surface area contributed by atoms with Crippen LogP contribution < -0.4 is 10.9 Å². The summed E-state index contributed by atoms with van der Waals surface area (Å²) in [6.45, 7) is 8.87. The Balaban J connectivity index is 2.25. The zero-order chi connectivity index (χ0) is 19.8. The van der Waals surface area contributed by atoms with Crippen molar-refractivity contribution in [3.8, 4) is 0 Å². The van der Waals surface area contributed by atoms with Gasteiger partial charge in [-0.05, 0) is 38.2 Å². The van der Waals surface area contributed by atoms with E-state index in [4.69, 9.17) is 0 Å². The predicted octanol–water partition coefficient (Wildman–Crippen LogP) is 1.88. The highest BCUT2D eigenvalue weighted by atomic mass is 32.2. The molecule has 0 spiro atoms. The maximum Gasteiger partial charge on any atom is 0.262 e. The Labute approximate surface area is 163 Å². The first-order valence-corrected chi connectivity index (χ1v) is 10.1. The monoisotopic (exact) mass is 390 g/mol. The van der Waals surface area contributed by atoms with Crippen LogP contribution in [0.25, 0.3) is 10.9 Å². The molecule has 0 bridgehead atoms. The number of rotatable bonds is 9. The summed E-state index contributed by atoms with van der Waals surface area (Å²) in [4.78, 5) is 42.6. The number of thioether (sulfide) groups is 1. The van der Waals surface area contributed by atoms with Gasteiger partial charge in [0, 0.05) is 13.5 Å². The number of benzene rings is 1. The Kier molecular flexibility index (Phi) is 7.99. The summed E-state index contributed by atoms with van der Waals surface area (Å²) >= 11 is 1.17. The summed E-state index contributed by atoms with van der Waals surface area (Å²) in [6, 6.07) is 7.20. The van der Waals surface area contributed by atoms with Crippen LogP contribution in [0.2, 0.25) is 0 Å². The second kappa shape index (κ2) is 10.2. The molecule has 0 saturated carbocycles. The fraction of sp³-hybridized carbons (Fsp3) is 0.474. The summed E-state index contributed by atoms with van der Waals surface area (Å²) in [5.74, 6) is -0.770. The number of fused-ring (bicyclic) bond motifs is 1. The van der Waals surface area contributed by atoms with Crippen LogP contribution in [0.3, 0.4) is 0 Å². The van der Waals surface area contributed by atoms with Gasteiger partial charge in [-0.3, -0.25) is 24.3 Å². The summed E-state index contributed by atoms with van der Waals surface area (Å²) in [5, 5.41) is 3.30. The lowest BCUT2D eigenvalue weighted by Crippen LogP contribution is -2.30. The van der Waals surface area contributed by atoms with E-state index >= 15 is 0 Å². The lowest BCUT2D eigenvalue weighted by atomic mass is 10.2. The minimum Gasteiger partial charge on any atom is -0.304 e. The second-order valence-electron chi connectivity index (χ2n) is 6.14. The van der Waals surface area contributed by atoms with Crippen molar-refractivity contribution in [3.05, 3.63) is 34.6 Å². The number of carbonyl (C=O) groups is 2. The molecule has 7 nitrogen and oxygen atoms in total. The molecule has 0 unspecified atom stereocenters. The zero-order valence-electron chi connectivity index (χ0n) is 16.0. The minimum atomic E-state index is -0.399. The average molecular weight is 391 g/mol. The van der Waals surface area contributed by atoms with E-state index in [1.807, 2.05) is 12.1 Å². The fourth-order valence-electron chi connectivity index (χ4n) is 2.81. The zero-order valence-corrected chi connectivity index (χ0v) is 16.8. The van der Waals surface area contributed by atoms with Gasteiger partial charge in [0.2, 0.25) is 11.8 Å². The Morgan fingerprint density at radius 1 is 1.22 bits per heavy atom. The molecule has 1 aromatic heterocycles. The third kappa shape index (κ3) is 5.90. The van der Waals surface area contributed by atoms with Crippen molar-refractivity contribution in [1.29, 1.82) is 0 Å². The van der Waals surface area contributed by atoms with E-state index in [0.717, 1.165) is 26.1 Å². The van der Waals surface area contributed by atoms with Gasteiger partial charge >= 0.3 is 0 Å². The van der Waals surface area contributed by atoms with Crippen molar-refractivity contribution in [2.45, 2.75) is 38.9 Å². The van der Waals surface area contributed by atoms with E-state index < -0.39 is 11.8 Å². The number of hydrogen-bond acceptors (Lipinski definition) is 6. The number of carbonyl (C=O) groups excluding carboxylic acids is 2. The molecule has 2 amide bonds. The Morgan fingerprint density at radius 3 is 2.59 bits per heavy atom. The maximum absolute atomic E-state index is 12.9. The molecule has 1 N–H and O–H groups in total. The molecule has 8 heteroatoms. The van der Waals surface area contributed by atoms with Gasteiger partial charge in [-0.2, -0.15) is 0 Å². The molecule has 0 radical (unpaired) electrons. The van der Waals surface area contributed by atoms with Crippen molar-refractivity contribution in [1.82, 2.24) is 19.8 Å². The van der Waals surface area contributed by atoms with Crippen molar-refractivity contribution >= 4 is 34.5 Å². The molecule has 2 aromatic rings. The molecule has 0 aliphatic carbocycles.